The van der Waals surface area contributed by atoms with Crippen LogP contribution in [0, 0.1) is 20.8 Å². The lowest BCUT2D eigenvalue weighted by Gasteiger charge is -2.16. The van der Waals surface area contributed by atoms with Crippen molar-refractivity contribution in [1.82, 2.24) is 0 Å². The van der Waals surface area contributed by atoms with Crippen molar-refractivity contribution in [3.05, 3.63) is 64.7 Å². The predicted octanol–water partition coefficient (Wildman–Crippen LogP) is 2.97. The Balaban J connectivity index is 1.93. The highest BCUT2D eigenvalue weighted by atomic mass is 32.2. The predicted molar refractivity (Wildman–Crippen MR) is 96.1 cm³/mol. The third-order valence-electron chi connectivity index (χ3n) is 3.78. The molecule has 0 fully saturated rings. The molecule has 130 valence electrons. The first-order chi connectivity index (χ1) is 11.3. The molecule has 2 aromatic rings. The number of aliphatic hydroxyl groups excluding tert-OH is 1. The molecule has 1 N–H and O–H groups in total. The number of aryl methyl sites for hydroxylation is 3. The van der Waals surface area contributed by atoms with Gasteiger partial charge in [-0.25, -0.2) is 8.42 Å². The Labute approximate surface area is 144 Å². The minimum atomic E-state index is -3.40. The lowest BCUT2D eigenvalue weighted by molar-refractivity contribution is 0.124. The van der Waals surface area contributed by atoms with E-state index in [-0.39, 0.29) is 18.1 Å². The molecule has 0 saturated heterocycles. The number of ether oxygens (including phenoxy) is 1. The second-order valence-electron chi connectivity index (χ2n) is 6.23. The number of hydrogen-bond acceptors (Lipinski definition) is 4. The van der Waals surface area contributed by atoms with Gasteiger partial charge in [-0.1, -0.05) is 48.0 Å². The van der Waals surface area contributed by atoms with Gasteiger partial charge in [-0.15, -0.1) is 0 Å². The van der Waals surface area contributed by atoms with Gasteiger partial charge in [0.15, 0.2) is 9.84 Å². The molecular weight excluding hydrogens is 324 g/mol. The van der Waals surface area contributed by atoms with E-state index in [0.29, 0.717) is 5.75 Å². The number of para-hydroxylation sites is 1. The number of hydrogen-bond donors (Lipinski definition) is 1. The normalized spacial score (nSPS) is 12.8. The van der Waals surface area contributed by atoms with Crippen molar-refractivity contribution < 1.29 is 18.3 Å². The van der Waals surface area contributed by atoms with E-state index in [1.54, 1.807) is 12.1 Å². The molecule has 0 saturated carbocycles. The third-order valence-corrected chi connectivity index (χ3v) is 5.45. The summed E-state index contributed by atoms with van der Waals surface area (Å²) in [6.07, 6.45) is -1.06. The van der Waals surface area contributed by atoms with Gasteiger partial charge in [-0.05, 0) is 37.5 Å². The van der Waals surface area contributed by atoms with E-state index >= 15 is 0 Å². The Hall–Kier alpha value is -1.85. The average molecular weight is 348 g/mol. The molecule has 1 atom stereocenters. The van der Waals surface area contributed by atoms with Crippen LogP contribution in [-0.2, 0) is 15.6 Å². The first-order valence-corrected chi connectivity index (χ1v) is 9.72. The van der Waals surface area contributed by atoms with Crippen LogP contribution < -0.4 is 4.74 Å². The van der Waals surface area contributed by atoms with E-state index in [9.17, 15) is 13.5 Å². The van der Waals surface area contributed by atoms with E-state index in [1.165, 1.54) is 0 Å². The number of rotatable bonds is 7. The molecule has 0 heterocycles. The van der Waals surface area contributed by atoms with Gasteiger partial charge in [0.05, 0.1) is 11.5 Å². The molecule has 0 amide bonds. The van der Waals surface area contributed by atoms with Crippen molar-refractivity contribution in [2.45, 2.75) is 32.6 Å². The Bertz CT molecular complexity index is 759. The van der Waals surface area contributed by atoms with Crippen LogP contribution in [0.2, 0.25) is 0 Å². The molecule has 0 aliphatic rings. The second kappa shape index (κ2) is 7.81. The van der Waals surface area contributed by atoms with Crippen LogP contribution in [0.15, 0.2) is 42.5 Å². The molecule has 24 heavy (non-hydrogen) atoms. The summed E-state index contributed by atoms with van der Waals surface area (Å²) in [6, 6.07) is 13.1. The van der Waals surface area contributed by atoms with Crippen molar-refractivity contribution >= 4 is 9.84 Å². The molecule has 5 heteroatoms. The Kier molecular flexibility index (Phi) is 6.02. The van der Waals surface area contributed by atoms with E-state index < -0.39 is 15.9 Å². The minimum absolute atomic E-state index is 0.0428. The molecule has 0 aliphatic carbocycles. The van der Waals surface area contributed by atoms with Crippen molar-refractivity contribution in [1.29, 1.82) is 0 Å². The quantitative estimate of drug-likeness (QED) is 0.835. The largest absolute Gasteiger partial charge is 0.490 e. The van der Waals surface area contributed by atoms with Gasteiger partial charge in [0, 0.05) is 0 Å². The van der Waals surface area contributed by atoms with Gasteiger partial charge >= 0.3 is 0 Å². The summed E-state index contributed by atoms with van der Waals surface area (Å²) in [5, 5.41) is 10.0. The molecule has 0 bridgehead atoms. The number of aliphatic hydroxyl groups is 1. The summed E-state index contributed by atoms with van der Waals surface area (Å²) >= 11 is 0. The van der Waals surface area contributed by atoms with E-state index in [1.807, 2.05) is 51.1 Å². The summed E-state index contributed by atoms with van der Waals surface area (Å²) in [5.41, 5.74) is 3.73. The van der Waals surface area contributed by atoms with Gasteiger partial charge in [0.1, 0.15) is 18.5 Å². The lowest BCUT2D eigenvalue weighted by atomic mass is 10.1. The van der Waals surface area contributed by atoms with Gasteiger partial charge < -0.3 is 9.84 Å². The zero-order valence-electron chi connectivity index (χ0n) is 14.3. The van der Waals surface area contributed by atoms with Crippen LogP contribution in [0.4, 0.5) is 0 Å². The molecule has 2 rings (SSSR count). The Morgan fingerprint density at radius 2 is 1.58 bits per heavy atom. The third kappa shape index (κ3) is 5.35. The van der Waals surface area contributed by atoms with Crippen LogP contribution in [0.3, 0.4) is 0 Å². The van der Waals surface area contributed by atoms with Gasteiger partial charge in [0.2, 0.25) is 0 Å². The summed E-state index contributed by atoms with van der Waals surface area (Å²) < 4.78 is 30.1. The highest BCUT2D eigenvalue weighted by Gasteiger charge is 2.19. The molecule has 0 spiro atoms. The second-order valence-corrected chi connectivity index (χ2v) is 8.34. The lowest BCUT2D eigenvalue weighted by Crippen LogP contribution is -2.28. The highest BCUT2D eigenvalue weighted by molar-refractivity contribution is 7.90. The maximum Gasteiger partial charge on any atom is 0.157 e. The van der Waals surface area contributed by atoms with E-state index in [4.69, 9.17) is 4.74 Å². The minimum Gasteiger partial charge on any atom is -0.490 e. The summed E-state index contributed by atoms with van der Waals surface area (Å²) in [6.45, 7) is 5.75. The summed E-state index contributed by atoms with van der Waals surface area (Å²) in [7, 11) is -3.40. The molecule has 0 aromatic heterocycles. The number of sulfone groups is 1. The summed E-state index contributed by atoms with van der Waals surface area (Å²) in [5.74, 6) is 0.312. The van der Waals surface area contributed by atoms with Crippen molar-refractivity contribution in [2.24, 2.45) is 0 Å². The van der Waals surface area contributed by atoms with Gasteiger partial charge in [0.25, 0.3) is 0 Å². The topological polar surface area (TPSA) is 63.6 Å². The molecule has 0 aliphatic heterocycles. The smallest absolute Gasteiger partial charge is 0.157 e. The van der Waals surface area contributed by atoms with Crippen LogP contribution in [0.25, 0.3) is 0 Å². The van der Waals surface area contributed by atoms with Crippen molar-refractivity contribution in [3.8, 4) is 5.75 Å². The molecule has 4 nitrogen and oxygen atoms in total. The Morgan fingerprint density at radius 3 is 2.17 bits per heavy atom. The highest BCUT2D eigenvalue weighted by Crippen LogP contribution is 2.22. The Morgan fingerprint density at radius 1 is 1.00 bits per heavy atom. The molecule has 0 radical (unpaired) electrons. The molecule has 2 aromatic carbocycles. The monoisotopic (exact) mass is 348 g/mol. The van der Waals surface area contributed by atoms with E-state index in [0.717, 1.165) is 22.3 Å². The van der Waals surface area contributed by atoms with Crippen LogP contribution in [-0.4, -0.2) is 32.0 Å². The molecule has 1 unspecified atom stereocenters. The fourth-order valence-electron chi connectivity index (χ4n) is 2.54. The first-order valence-electron chi connectivity index (χ1n) is 7.90. The standard InChI is InChI=1S/C19H24O4S/c1-14-7-9-17(10-8-14)12-24(21,22)13-18(20)11-23-19-15(2)5-4-6-16(19)3/h4-10,18,20H,11-13H2,1-3H3. The van der Waals surface area contributed by atoms with Crippen molar-refractivity contribution in [2.75, 3.05) is 12.4 Å². The van der Waals surface area contributed by atoms with Crippen LogP contribution in [0.1, 0.15) is 22.3 Å². The van der Waals surface area contributed by atoms with Crippen LogP contribution >= 0.6 is 0 Å². The molecular formula is C19H24O4S. The number of benzene rings is 2. The maximum atomic E-state index is 12.2. The van der Waals surface area contributed by atoms with Crippen molar-refractivity contribution in [3.63, 3.8) is 0 Å². The van der Waals surface area contributed by atoms with Gasteiger partial charge in [-0.2, -0.15) is 0 Å². The SMILES string of the molecule is Cc1ccc(CS(=O)(=O)CC(O)COc2c(C)cccc2C)cc1. The van der Waals surface area contributed by atoms with E-state index in [2.05, 4.69) is 0 Å². The first kappa shape index (κ1) is 18.5. The summed E-state index contributed by atoms with van der Waals surface area (Å²) in [4.78, 5) is 0. The fraction of sp³-hybridized carbons (Fsp3) is 0.368. The zero-order chi connectivity index (χ0) is 17.7. The average Bonchev–Trinajstić information content (AvgIpc) is 2.48. The maximum absolute atomic E-state index is 12.2. The fourth-order valence-corrected chi connectivity index (χ4v) is 4.05. The zero-order valence-corrected chi connectivity index (χ0v) is 15.1. The van der Waals surface area contributed by atoms with Crippen LogP contribution in [0.5, 0.6) is 5.75 Å². The van der Waals surface area contributed by atoms with Gasteiger partial charge in [-0.3, -0.25) is 0 Å².